The summed E-state index contributed by atoms with van der Waals surface area (Å²) in [4.78, 5) is 33.5. The summed E-state index contributed by atoms with van der Waals surface area (Å²) in [6, 6.07) is 14.9. The van der Waals surface area contributed by atoms with Gasteiger partial charge in [0.25, 0.3) is 5.91 Å². The van der Waals surface area contributed by atoms with Gasteiger partial charge >= 0.3 is 0 Å². The molecular weight excluding hydrogens is 412 g/mol. The predicted molar refractivity (Wildman–Crippen MR) is 130 cm³/mol. The number of benzene rings is 2. The molecule has 166 valence electrons. The van der Waals surface area contributed by atoms with Gasteiger partial charge in [0.05, 0.1) is 17.0 Å². The Hall–Kier alpha value is -3.73. The van der Waals surface area contributed by atoms with E-state index in [2.05, 4.69) is 31.0 Å². The molecule has 0 N–H and O–H groups in total. The predicted octanol–water partition coefficient (Wildman–Crippen LogP) is 5.99. The molecule has 0 radical (unpaired) electrons. The van der Waals surface area contributed by atoms with Gasteiger partial charge in [-0.2, -0.15) is 0 Å². The van der Waals surface area contributed by atoms with Crippen molar-refractivity contribution >= 4 is 22.7 Å². The molecule has 5 heteroatoms. The number of fused-ring (bicyclic) bond motifs is 2. The smallest absolute Gasteiger partial charge is 0.296 e. The first-order chi connectivity index (χ1) is 15.8. The number of rotatable bonds is 3. The molecule has 5 rings (SSSR count). The van der Waals surface area contributed by atoms with E-state index in [-0.39, 0.29) is 17.1 Å². The van der Waals surface area contributed by atoms with E-state index in [1.807, 2.05) is 57.2 Å². The van der Waals surface area contributed by atoms with Gasteiger partial charge in [-0.15, -0.1) is 0 Å². The molecule has 5 nitrogen and oxygen atoms in total. The highest BCUT2D eigenvalue weighted by molar-refractivity contribution is 6.10. The van der Waals surface area contributed by atoms with E-state index in [9.17, 15) is 9.59 Å². The van der Waals surface area contributed by atoms with E-state index in [4.69, 9.17) is 4.42 Å². The van der Waals surface area contributed by atoms with Gasteiger partial charge in [0.2, 0.25) is 5.76 Å². The van der Waals surface area contributed by atoms with Crippen LogP contribution >= 0.6 is 0 Å². The molecule has 2 aromatic heterocycles. The Labute approximate surface area is 192 Å². The van der Waals surface area contributed by atoms with Crippen molar-refractivity contribution in [1.29, 1.82) is 0 Å². The summed E-state index contributed by atoms with van der Waals surface area (Å²) >= 11 is 0. The van der Waals surface area contributed by atoms with Gasteiger partial charge in [0, 0.05) is 6.20 Å². The van der Waals surface area contributed by atoms with E-state index >= 15 is 0 Å². The van der Waals surface area contributed by atoms with Crippen molar-refractivity contribution in [2.45, 2.75) is 46.6 Å². The van der Waals surface area contributed by atoms with Crippen molar-refractivity contribution in [3.05, 3.63) is 104 Å². The first-order valence-electron chi connectivity index (χ1n) is 11.2. The summed E-state index contributed by atoms with van der Waals surface area (Å²) in [5.74, 6) is 0.616. The van der Waals surface area contributed by atoms with Crippen molar-refractivity contribution < 1.29 is 9.21 Å². The van der Waals surface area contributed by atoms with Gasteiger partial charge in [-0.3, -0.25) is 14.5 Å². The lowest BCUT2D eigenvalue weighted by atomic mass is 9.95. The van der Waals surface area contributed by atoms with Gasteiger partial charge in [-0.05, 0) is 72.7 Å². The van der Waals surface area contributed by atoms with E-state index < -0.39 is 6.04 Å². The van der Waals surface area contributed by atoms with Crippen LogP contribution in [0.2, 0.25) is 0 Å². The number of aromatic nitrogens is 1. The maximum Gasteiger partial charge on any atom is 0.296 e. The lowest BCUT2D eigenvalue weighted by Gasteiger charge is -2.24. The first-order valence-corrected chi connectivity index (χ1v) is 11.2. The van der Waals surface area contributed by atoms with Gasteiger partial charge in [0.15, 0.2) is 5.43 Å². The number of nitrogens with zero attached hydrogens (tertiary/aromatic N) is 2. The molecule has 1 aliphatic heterocycles. The molecule has 0 fully saturated rings. The molecule has 1 amide bonds. The van der Waals surface area contributed by atoms with Crippen LogP contribution in [0.5, 0.6) is 0 Å². The SMILES string of the molecule is Cc1ccc(N2C(=O)c3oc4cc(C)c(C)cc4c(=O)c3C2c2ccc(C(C)C)cc2)nc1. The molecule has 33 heavy (non-hydrogen) atoms. The molecule has 1 aliphatic rings. The van der Waals surface area contributed by atoms with Gasteiger partial charge in [-0.25, -0.2) is 4.98 Å². The van der Waals surface area contributed by atoms with Gasteiger partial charge in [0.1, 0.15) is 11.4 Å². The third-order valence-corrected chi connectivity index (χ3v) is 6.55. The van der Waals surface area contributed by atoms with E-state index in [0.717, 1.165) is 22.3 Å². The lowest BCUT2D eigenvalue weighted by molar-refractivity contribution is 0.0970. The van der Waals surface area contributed by atoms with Crippen LogP contribution in [-0.2, 0) is 0 Å². The monoisotopic (exact) mass is 438 g/mol. The van der Waals surface area contributed by atoms with Crippen molar-refractivity contribution in [2.24, 2.45) is 0 Å². The summed E-state index contributed by atoms with van der Waals surface area (Å²) in [6.45, 7) is 10.2. The van der Waals surface area contributed by atoms with Crippen molar-refractivity contribution in [3.8, 4) is 0 Å². The minimum absolute atomic E-state index is 0.0936. The maximum atomic E-state index is 13.8. The second-order valence-electron chi connectivity index (χ2n) is 9.20. The average Bonchev–Trinajstić information content (AvgIpc) is 3.08. The summed E-state index contributed by atoms with van der Waals surface area (Å²) in [5.41, 5.74) is 5.69. The highest BCUT2D eigenvalue weighted by atomic mass is 16.3. The average molecular weight is 439 g/mol. The highest BCUT2D eigenvalue weighted by Crippen LogP contribution is 2.41. The Kier molecular flexibility index (Phi) is 4.93. The lowest BCUT2D eigenvalue weighted by Crippen LogP contribution is -2.30. The van der Waals surface area contributed by atoms with Crippen molar-refractivity contribution in [2.75, 3.05) is 4.90 Å². The molecular formula is C28H26N2O3. The first kappa shape index (κ1) is 21.1. The number of carbonyl (C=O) groups is 1. The fourth-order valence-electron chi connectivity index (χ4n) is 4.45. The second-order valence-corrected chi connectivity index (χ2v) is 9.20. The number of carbonyl (C=O) groups excluding carboxylic acids is 1. The molecule has 4 aromatic rings. The molecule has 2 aromatic carbocycles. The number of pyridine rings is 1. The van der Waals surface area contributed by atoms with Gasteiger partial charge in [-0.1, -0.05) is 44.2 Å². The zero-order valence-electron chi connectivity index (χ0n) is 19.5. The Morgan fingerprint density at radius 1 is 0.939 bits per heavy atom. The molecule has 1 atom stereocenters. The number of hydrogen-bond donors (Lipinski definition) is 0. The minimum Gasteiger partial charge on any atom is -0.450 e. The molecule has 3 heterocycles. The Morgan fingerprint density at radius 2 is 1.64 bits per heavy atom. The van der Waals surface area contributed by atoms with Crippen LogP contribution in [-0.4, -0.2) is 10.9 Å². The minimum atomic E-state index is -0.605. The van der Waals surface area contributed by atoms with Crippen molar-refractivity contribution in [3.63, 3.8) is 0 Å². The number of aryl methyl sites for hydroxylation is 3. The van der Waals surface area contributed by atoms with Crippen LogP contribution in [0.4, 0.5) is 5.82 Å². The van der Waals surface area contributed by atoms with Crippen LogP contribution in [0.15, 0.2) is 63.9 Å². The van der Waals surface area contributed by atoms with Gasteiger partial charge < -0.3 is 4.42 Å². The summed E-state index contributed by atoms with van der Waals surface area (Å²) < 4.78 is 6.10. The Morgan fingerprint density at radius 3 is 2.27 bits per heavy atom. The van der Waals surface area contributed by atoms with Crippen LogP contribution in [0.25, 0.3) is 11.0 Å². The summed E-state index contributed by atoms with van der Waals surface area (Å²) in [6.07, 6.45) is 1.73. The van der Waals surface area contributed by atoms with E-state index in [0.29, 0.717) is 28.3 Å². The third kappa shape index (κ3) is 3.35. The van der Waals surface area contributed by atoms with Crippen LogP contribution in [0.3, 0.4) is 0 Å². The number of hydrogen-bond acceptors (Lipinski definition) is 4. The molecule has 0 bridgehead atoms. The topological polar surface area (TPSA) is 63.4 Å². The normalized spacial score (nSPS) is 15.5. The number of anilines is 1. The fraction of sp³-hybridized carbons (Fsp3) is 0.250. The third-order valence-electron chi connectivity index (χ3n) is 6.55. The van der Waals surface area contributed by atoms with Crippen LogP contribution in [0.1, 0.15) is 69.7 Å². The number of amides is 1. The Balaban J connectivity index is 1.78. The zero-order chi connectivity index (χ0) is 23.4. The Bertz CT molecular complexity index is 1450. The molecule has 1 unspecified atom stereocenters. The largest absolute Gasteiger partial charge is 0.450 e. The molecule has 0 spiro atoms. The standard InChI is InChI=1S/C28H26N2O3/c1-15(2)19-7-9-20(10-8-19)25-24-26(31)21-12-17(4)18(5)13-22(21)33-27(24)28(32)30(25)23-11-6-16(3)14-29-23/h6-15,25H,1-5H3. The molecule has 0 saturated carbocycles. The maximum absolute atomic E-state index is 13.8. The molecule has 0 saturated heterocycles. The van der Waals surface area contributed by atoms with Crippen molar-refractivity contribution in [1.82, 2.24) is 4.98 Å². The summed E-state index contributed by atoms with van der Waals surface area (Å²) in [5, 5.41) is 0.493. The zero-order valence-corrected chi connectivity index (χ0v) is 19.5. The summed E-state index contributed by atoms with van der Waals surface area (Å²) in [7, 11) is 0. The van der Waals surface area contributed by atoms with E-state index in [1.54, 1.807) is 11.1 Å². The second kappa shape index (κ2) is 7.69. The van der Waals surface area contributed by atoms with Crippen LogP contribution in [0, 0.1) is 20.8 Å². The van der Waals surface area contributed by atoms with Crippen LogP contribution < -0.4 is 10.3 Å². The fourth-order valence-corrected chi connectivity index (χ4v) is 4.45. The van der Waals surface area contributed by atoms with E-state index in [1.165, 1.54) is 5.56 Å². The molecule has 0 aliphatic carbocycles. The highest BCUT2D eigenvalue weighted by Gasteiger charge is 2.44. The quantitative estimate of drug-likeness (QED) is 0.394.